The van der Waals surface area contributed by atoms with Crippen molar-refractivity contribution in [2.24, 2.45) is 0 Å². The maximum absolute atomic E-state index is 12.2. The van der Waals surface area contributed by atoms with Gasteiger partial charge in [0.25, 0.3) is 0 Å². The summed E-state index contributed by atoms with van der Waals surface area (Å²) in [5.41, 5.74) is 0.132. The fourth-order valence-electron chi connectivity index (χ4n) is 1.06. The number of hydrogen-bond donors (Lipinski definition) is 2. The van der Waals surface area contributed by atoms with Crippen LogP contribution in [0.1, 0.15) is 17.3 Å². The molecule has 1 unspecified atom stereocenters. The first-order valence-electron chi connectivity index (χ1n) is 4.26. The van der Waals surface area contributed by atoms with Crippen LogP contribution < -0.4 is 5.32 Å². The van der Waals surface area contributed by atoms with Crippen molar-refractivity contribution in [3.63, 3.8) is 0 Å². The molecule has 0 aromatic carbocycles. The normalized spacial score (nSPS) is 12.2. The third-order valence-corrected chi connectivity index (χ3v) is 2.04. The van der Waals surface area contributed by atoms with Gasteiger partial charge < -0.3 is 10.4 Å². The predicted molar refractivity (Wildman–Crippen MR) is 55.3 cm³/mol. The molecule has 1 atom stereocenters. The average molecular weight is 233 g/mol. The molecule has 1 aromatic rings. The number of aromatic carboxylic acids is 1. The van der Waals surface area contributed by atoms with E-state index in [9.17, 15) is 9.18 Å². The van der Waals surface area contributed by atoms with Crippen LogP contribution in [-0.2, 0) is 0 Å². The molecule has 15 heavy (non-hydrogen) atoms. The summed E-state index contributed by atoms with van der Waals surface area (Å²) in [5.74, 6) is -1.19. The molecule has 1 rings (SSSR count). The number of pyridine rings is 1. The highest BCUT2D eigenvalue weighted by Crippen LogP contribution is 2.22. The van der Waals surface area contributed by atoms with E-state index in [1.165, 1.54) is 12.3 Å². The number of hydrogen-bond acceptors (Lipinski definition) is 3. The lowest BCUT2D eigenvalue weighted by molar-refractivity contribution is 0.0697. The van der Waals surface area contributed by atoms with Crippen LogP contribution in [0.25, 0.3) is 0 Å². The monoisotopic (exact) mass is 232 g/mol. The van der Waals surface area contributed by atoms with E-state index in [2.05, 4.69) is 10.3 Å². The molecule has 0 radical (unpaired) electrons. The van der Waals surface area contributed by atoms with E-state index in [0.29, 0.717) is 0 Å². The van der Waals surface area contributed by atoms with Gasteiger partial charge in [-0.2, -0.15) is 0 Å². The van der Waals surface area contributed by atoms with E-state index >= 15 is 0 Å². The quantitative estimate of drug-likeness (QED) is 0.782. The maximum atomic E-state index is 12.2. The summed E-state index contributed by atoms with van der Waals surface area (Å²) in [5, 5.41) is 11.5. The largest absolute Gasteiger partial charge is 0.478 e. The van der Waals surface area contributed by atoms with Gasteiger partial charge in [-0.25, -0.2) is 14.2 Å². The van der Waals surface area contributed by atoms with Gasteiger partial charge >= 0.3 is 5.97 Å². The summed E-state index contributed by atoms with van der Waals surface area (Å²) in [7, 11) is 0. The zero-order valence-corrected chi connectivity index (χ0v) is 8.75. The van der Waals surface area contributed by atoms with E-state index in [1.807, 2.05) is 0 Å². The van der Waals surface area contributed by atoms with Gasteiger partial charge in [0.2, 0.25) is 0 Å². The number of anilines is 1. The Labute approximate surface area is 91.1 Å². The predicted octanol–water partition coefficient (Wildman–Crippen LogP) is 2.20. The zero-order chi connectivity index (χ0) is 11.4. The molecule has 0 fully saturated rings. The Morgan fingerprint density at radius 3 is 3.00 bits per heavy atom. The molecule has 0 bridgehead atoms. The summed E-state index contributed by atoms with van der Waals surface area (Å²) < 4.78 is 12.2. The second-order valence-corrected chi connectivity index (χ2v) is 3.39. The summed E-state index contributed by atoms with van der Waals surface area (Å²) in [6, 6.07) is 0.975. The molecule has 0 saturated carbocycles. The molecule has 0 aliphatic carbocycles. The van der Waals surface area contributed by atoms with Gasteiger partial charge in [-0.15, -0.1) is 0 Å². The first-order chi connectivity index (χ1) is 7.06. The van der Waals surface area contributed by atoms with E-state index < -0.39 is 18.7 Å². The van der Waals surface area contributed by atoms with Crippen LogP contribution in [0.5, 0.6) is 0 Å². The van der Waals surface area contributed by atoms with Crippen molar-refractivity contribution in [1.29, 1.82) is 0 Å². The Hall–Kier alpha value is -1.36. The second kappa shape index (κ2) is 4.93. The van der Waals surface area contributed by atoms with Crippen LogP contribution in [0, 0.1) is 0 Å². The van der Waals surface area contributed by atoms with Gasteiger partial charge in [0, 0.05) is 6.20 Å². The molecule has 1 heterocycles. The van der Waals surface area contributed by atoms with Gasteiger partial charge in [0.15, 0.2) is 0 Å². The van der Waals surface area contributed by atoms with Gasteiger partial charge in [0.1, 0.15) is 17.4 Å². The second-order valence-electron chi connectivity index (χ2n) is 3.03. The zero-order valence-electron chi connectivity index (χ0n) is 8.00. The Morgan fingerprint density at radius 1 is 1.80 bits per heavy atom. The Balaban J connectivity index is 3.06. The molecular formula is C9H10ClFN2O2. The lowest BCUT2D eigenvalue weighted by Gasteiger charge is -2.13. The van der Waals surface area contributed by atoms with Crippen molar-refractivity contribution in [3.05, 3.63) is 23.0 Å². The number of nitrogens with one attached hydrogen (secondary N) is 1. The van der Waals surface area contributed by atoms with E-state index in [4.69, 9.17) is 16.7 Å². The smallest absolute Gasteiger partial charge is 0.340 e. The number of aromatic nitrogens is 1. The first kappa shape index (κ1) is 11.7. The fraction of sp³-hybridized carbons (Fsp3) is 0.333. The van der Waals surface area contributed by atoms with Crippen LogP contribution >= 0.6 is 11.6 Å². The van der Waals surface area contributed by atoms with Crippen molar-refractivity contribution in [2.75, 3.05) is 12.0 Å². The average Bonchev–Trinajstić information content (AvgIpc) is 2.17. The van der Waals surface area contributed by atoms with E-state index in [-0.39, 0.29) is 16.4 Å². The molecular weight excluding hydrogens is 223 g/mol. The van der Waals surface area contributed by atoms with Crippen LogP contribution in [0.4, 0.5) is 10.1 Å². The number of carboxylic acids is 1. The highest BCUT2D eigenvalue weighted by atomic mass is 35.5. The molecule has 1 aromatic heterocycles. The molecule has 0 amide bonds. The SMILES string of the molecule is CC(CF)Nc1ccnc(Cl)c1C(=O)O. The minimum absolute atomic E-state index is 0.112. The number of carboxylic acid groups (broad SMARTS) is 1. The van der Waals surface area contributed by atoms with Gasteiger partial charge in [0.05, 0.1) is 11.7 Å². The lowest BCUT2D eigenvalue weighted by Crippen LogP contribution is -2.19. The van der Waals surface area contributed by atoms with Crippen LogP contribution in [0.3, 0.4) is 0 Å². The Bertz CT molecular complexity index is 373. The van der Waals surface area contributed by atoms with Crippen molar-refractivity contribution < 1.29 is 14.3 Å². The minimum atomic E-state index is -1.19. The highest BCUT2D eigenvalue weighted by Gasteiger charge is 2.16. The number of nitrogens with zero attached hydrogens (tertiary/aromatic N) is 1. The molecule has 0 saturated heterocycles. The van der Waals surface area contributed by atoms with Crippen molar-refractivity contribution in [1.82, 2.24) is 4.98 Å². The minimum Gasteiger partial charge on any atom is -0.478 e. The standard InChI is InChI=1S/C9H10ClFN2O2/c1-5(4-11)13-6-2-3-12-8(10)7(6)9(14)15/h2-3,5H,4H2,1H3,(H,12,13)(H,14,15). The third kappa shape index (κ3) is 2.79. The number of alkyl halides is 1. The van der Waals surface area contributed by atoms with Gasteiger partial charge in [-0.1, -0.05) is 11.6 Å². The van der Waals surface area contributed by atoms with E-state index in [0.717, 1.165) is 0 Å². The number of rotatable bonds is 4. The molecule has 4 nitrogen and oxygen atoms in total. The van der Waals surface area contributed by atoms with Crippen LogP contribution in [-0.4, -0.2) is 28.8 Å². The van der Waals surface area contributed by atoms with Gasteiger partial charge in [-0.3, -0.25) is 0 Å². The van der Waals surface area contributed by atoms with Crippen molar-refractivity contribution >= 4 is 23.3 Å². The Kier molecular flexibility index (Phi) is 3.85. The maximum Gasteiger partial charge on any atom is 0.340 e. The summed E-state index contributed by atoms with van der Waals surface area (Å²) in [6.45, 7) is 0.999. The summed E-state index contributed by atoms with van der Waals surface area (Å²) in [6.07, 6.45) is 1.36. The first-order valence-corrected chi connectivity index (χ1v) is 4.64. The molecule has 0 aliphatic heterocycles. The molecule has 0 aliphatic rings. The van der Waals surface area contributed by atoms with Crippen LogP contribution in [0.2, 0.25) is 5.15 Å². The topological polar surface area (TPSA) is 62.2 Å². The fourth-order valence-corrected chi connectivity index (χ4v) is 1.30. The highest BCUT2D eigenvalue weighted by molar-refractivity contribution is 6.33. The van der Waals surface area contributed by atoms with Crippen molar-refractivity contribution in [3.8, 4) is 0 Å². The number of halogens is 2. The molecule has 2 N–H and O–H groups in total. The number of carbonyl (C=O) groups is 1. The molecule has 82 valence electrons. The molecule has 0 spiro atoms. The summed E-state index contributed by atoms with van der Waals surface area (Å²) in [4.78, 5) is 14.5. The summed E-state index contributed by atoms with van der Waals surface area (Å²) >= 11 is 5.63. The van der Waals surface area contributed by atoms with Crippen LogP contribution in [0.15, 0.2) is 12.3 Å². The van der Waals surface area contributed by atoms with Crippen molar-refractivity contribution in [2.45, 2.75) is 13.0 Å². The molecule has 6 heteroatoms. The van der Waals surface area contributed by atoms with E-state index in [1.54, 1.807) is 6.92 Å². The third-order valence-electron chi connectivity index (χ3n) is 1.75. The lowest BCUT2D eigenvalue weighted by atomic mass is 10.2. The van der Waals surface area contributed by atoms with Gasteiger partial charge in [-0.05, 0) is 13.0 Å². The Morgan fingerprint density at radius 2 is 2.47 bits per heavy atom.